The number of carbonyl (C=O) groups excluding carboxylic acids is 3. The number of rotatable bonds is 11. The summed E-state index contributed by atoms with van der Waals surface area (Å²) in [6, 6.07) is 4.10. The second-order valence-electron chi connectivity index (χ2n) is 10.7. The zero-order valence-corrected chi connectivity index (χ0v) is 23.8. The van der Waals surface area contributed by atoms with Gasteiger partial charge in [-0.15, -0.1) is 0 Å². The van der Waals surface area contributed by atoms with Crippen molar-refractivity contribution in [3.05, 3.63) is 35.1 Å². The average molecular weight is 549 g/mol. The fraction of sp³-hybridized carbons (Fsp3) is 0.643. The first-order valence-electron chi connectivity index (χ1n) is 13.6. The molecule has 1 aromatic rings. The summed E-state index contributed by atoms with van der Waals surface area (Å²) in [5, 5.41) is 11.4. The van der Waals surface area contributed by atoms with Crippen molar-refractivity contribution in [2.75, 3.05) is 32.0 Å². The summed E-state index contributed by atoms with van der Waals surface area (Å²) in [4.78, 5) is 42.2. The zero-order chi connectivity index (χ0) is 27.9. The molecule has 2 amide bonds. The number of benzene rings is 1. The summed E-state index contributed by atoms with van der Waals surface area (Å²) < 4.78 is 20.0. The van der Waals surface area contributed by atoms with Gasteiger partial charge in [-0.1, -0.05) is 31.2 Å². The Morgan fingerprint density at radius 1 is 1.21 bits per heavy atom. The summed E-state index contributed by atoms with van der Waals surface area (Å²) in [5.74, 6) is -0.341. The fourth-order valence-electron chi connectivity index (χ4n) is 5.15. The Kier molecular flexibility index (Phi) is 10.6. The van der Waals surface area contributed by atoms with Crippen LogP contribution in [0, 0.1) is 22.6 Å². The molecule has 210 valence electrons. The van der Waals surface area contributed by atoms with Gasteiger partial charge in [-0.25, -0.2) is 4.39 Å². The standard InChI is InChI=1S/C28H41FN4O4S/c1-5-7-23(28(3,4)26(36)32-12-10-19(11-13-32)17-24(34)37-6-2)31-25(35)21-9-8-20(16-22(21)29)18-33-14-15-38-27(33)30/h8-9,16,19,23,30H,5-7,10-15,17-18H2,1-4H3,(H,31,35)/t23-/m1/s1. The van der Waals surface area contributed by atoms with Crippen LogP contribution in [0.25, 0.3) is 0 Å². The third-order valence-corrected chi connectivity index (χ3v) is 8.42. The maximum absolute atomic E-state index is 15.0. The van der Waals surface area contributed by atoms with E-state index in [0.29, 0.717) is 49.8 Å². The van der Waals surface area contributed by atoms with E-state index in [4.69, 9.17) is 10.1 Å². The molecule has 2 saturated heterocycles. The highest BCUT2D eigenvalue weighted by molar-refractivity contribution is 8.14. The van der Waals surface area contributed by atoms with Gasteiger partial charge in [0.2, 0.25) is 5.91 Å². The zero-order valence-electron chi connectivity index (χ0n) is 23.0. The molecular formula is C28H41FN4O4S. The maximum atomic E-state index is 15.0. The molecule has 0 bridgehead atoms. The van der Waals surface area contributed by atoms with E-state index in [1.165, 1.54) is 23.9 Å². The van der Waals surface area contributed by atoms with Crippen LogP contribution in [-0.2, 0) is 20.9 Å². The van der Waals surface area contributed by atoms with Crippen molar-refractivity contribution in [3.63, 3.8) is 0 Å². The minimum absolute atomic E-state index is 0.0485. The normalized spacial score (nSPS) is 17.4. The fourth-order valence-corrected chi connectivity index (χ4v) is 5.99. The molecule has 0 unspecified atom stereocenters. The molecule has 0 aliphatic carbocycles. The lowest BCUT2D eigenvalue weighted by atomic mass is 9.79. The first-order chi connectivity index (χ1) is 18.1. The number of likely N-dealkylation sites (tertiary alicyclic amines) is 1. The number of amides is 2. The molecule has 10 heteroatoms. The molecule has 8 nitrogen and oxygen atoms in total. The predicted molar refractivity (Wildman–Crippen MR) is 147 cm³/mol. The van der Waals surface area contributed by atoms with E-state index in [-0.39, 0.29) is 23.4 Å². The number of ether oxygens (including phenoxy) is 1. The molecule has 0 spiro atoms. The van der Waals surface area contributed by atoms with Gasteiger partial charge in [0.05, 0.1) is 17.6 Å². The molecule has 2 N–H and O–H groups in total. The van der Waals surface area contributed by atoms with Crippen LogP contribution in [-0.4, -0.2) is 70.8 Å². The number of nitrogens with zero attached hydrogens (tertiary/aromatic N) is 2. The van der Waals surface area contributed by atoms with Crippen molar-refractivity contribution in [1.29, 1.82) is 5.41 Å². The van der Waals surface area contributed by atoms with Crippen LogP contribution >= 0.6 is 11.8 Å². The van der Waals surface area contributed by atoms with E-state index in [9.17, 15) is 18.8 Å². The van der Waals surface area contributed by atoms with Gasteiger partial charge >= 0.3 is 5.97 Å². The number of halogens is 1. The van der Waals surface area contributed by atoms with Crippen molar-refractivity contribution < 1.29 is 23.5 Å². The van der Waals surface area contributed by atoms with Crippen molar-refractivity contribution >= 4 is 34.7 Å². The van der Waals surface area contributed by atoms with Crippen molar-refractivity contribution in [3.8, 4) is 0 Å². The highest BCUT2D eigenvalue weighted by atomic mass is 32.2. The molecule has 0 aromatic heterocycles. The summed E-state index contributed by atoms with van der Waals surface area (Å²) in [7, 11) is 0. The molecular weight excluding hydrogens is 507 g/mol. The maximum Gasteiger partial charge on any atom is 0.306 e. The quantitative estimate of drug-likeness (QED) is 0.397. The number of amidine groups is 1. The minimum Gasteiger partial charge on any atom is -0.466 e. The Morgan fingerprint density at radius 2 is 1.92 bits per heavy atom. The number of thioether (sulfide) groups is 1. The molecule has 2 heterocycles. The van der Waals surface area contributed by atoms with Crippen LogP contribution < -0.4 is 5.32 Å². The lowest BCUT2D eigenvalue weighted by Gasteiger charge is -2.40. The largest absolute Gasteiger partial charge is 0.466 e. The third kappa shape index (κ3) is 7.48. The first kappa shape index (κ1) is 29.9. The molecule has 1 aromatic carbocycles. The Labute approximate surface area is 229 Å². The molecule has 3 rings (SSSR count). The third-order valence-electron chi connectivity index (χ3n) is 7.51. The Hall–Kier alpha value is -2.62. The average Bonchev–Trinajstić information content (AvgIpc) is 3.27. The molecule has 1 atom stereocenters. The van der Waals surface area contributed by atoms with E-state index in [0.717, 1.165) is 31.6 Å². The SMILES string of the molecule is CCC[C@@H](NC(=O)c1ccc(CN2CCSC2=N)cc1F)C(C)(C)C(=O)N1CCC(CC(=O)OCC)CC1. The molecule has 2 fully saturated rings. The van der Waals surface area contributed by atoms with E-state index in [1.54, 1.807) is 13.0 Å². The number of piperidine rings is 1. The van der Waals surface area contributed by atoms with Crippen LogP contribution in [0.2, 0.25) is 0 Å². The van der Waals surface area contributed by atoms with Gasteiger partial charge in [0, 0.05) is 44.4 Å². The summed E-state index contributed by atoms with van der Waals surface area (Å²) >= 11 is 1.47. The highest BCUT2D eigenvalue weighted by Crippen LogP contribution is 2.31. The molecule has 0 radical (unpaired) electrons. The number of nitrogens with one attached hydrogen (secondary N) is 2. The van der Waals surface area contributed by atoms with Gasteiger partial charge in [-0.2, -0.15) is 0 Å². The van der Waals surface area contributed by atoms with E-state index in [1.807, 2.05) is 30.6 Å². The second-order valence-corrected chi connectivity index (χ2v) is 11.8. The number of esters is 1. The van der Waals surface area contributed by atoms with Gasteiger partial charge in [-0.05, 0) is 63.6 Å². The Balaban J connectivity index is 1.63. The van der Waals surface area contributed by atoms with E-state index in [2.05, 4.69) is 5.32 Å². The predicted octanol–water partition coefficient (Wildman–Crippen LogP) is 4.43. The van der Waals surface area contributed by atoms with Gasteiger partial charge in [0.1, 0.15) is 5.82 Å². The van der Waals surface area contributed by atoms with Crippen molar-refractivity contribution in [2.24, 2.45) is 11.3 Å². The Morgan fingerprint density at radius 3 is 2.50 bits per heavy atom. The lowest BCUT2D eigenvalue weighted by molar-refractivity contribution is -0.145. The number of hydrogen-bond donors (Lipinski definition) is 2. The molecule has 38 heavy (non-hydrogen) atoms. The lowest BCUT2D eigenvalue weighted by Crippen LogP contribution is -2.55. The molecule has 0 saturated carbocycles. The van der Waals surface area contributed by atoms with Crippen molar-refractivity contribution in [1.82, 2.24) is 15.1 Å². The topological polar surface area (TPSA) is 103 Å². The molecule has 2 aliphatic rings. The minimum atomic E-state index is -0.885. The smallest absolute Gasteiger partial charge is 0.306 e. The summed E-state index contributed by atoms with van der Waals surface area (Å²) in [6.07, 6.45) is 3.18. The van der Waals surface area contributed by atoms with Crippen LogP contribution in [0.3, 0.4) is 0 Å². The van der Waals surface area contributed by atoms with Gasteiger partial charge in [-0.3, -0.25) is 19.8 Å². The van der Waals surface area contributed by atoms with Gasteiger partial charge in [0.25, 0.3) is 5.91 Å². The Bertz CT molecular complexity index is 1030. The van der Waals surface area contributed by atoms with Crippen LogP contribution in [0.1, 0.15) is 75.7 Å². The number of hydrogen-bond acceptors (Lipinski definition) is 6. The van der Waals surface area contributed by atoms with Crippen LogP contribution in [0.5, 0.6) is 0 Å². The van der Waals surface area contributed by atoms with Gasteiger partial charge < -0.3 is 19.9 Å². The number of carbonyl (C=O) groups is 3. The first-order valence-corrected chi connectivity index (χ1v) is 14.6. The summed E-state index contributed by atoms with van der Waals surface area (Å²) in [6.45, 7) is 10.1. The monoisotopic (exact) mass is 548 g/mol. The van der Waals surface area contributed by atoms with Gasteiger partial charge in [0.15, 0.2) is 5.17 Å². The van der Waals surface area contributed by atoms with Crippen LogP contribution in [0.4, 0.5) is 4.39 Å². The molecule has 2 aliphatic heterocycles. The summed E-state index contributed by atoms with van der Waals surface area (Å²) in [5.41, 5.74) is -0.230. The van der Waals surface area contributed by atoms with Crippen molar-refractivity contribution in [2.45, 2.75) is 72.4 Å². The van der Waals surface area contributed by atoms with E-state index < -0.39 is 23.2 Å². The van der Waals surface area contributed by atoms with E-state index >= 15 is 0 Å². The highest BCUT2D eigenvalue weighted by Gasteiger charge is 2.41. The second kappa shape index (κ2) is 13.4. The van der Waals surface area contributed by atoms with Crippen LogP contribution in [0.15, 0.2) is 18.2 Å².